The topological polar surface area (TPSA) is 9.23 Å². The fraction of sp³-hybridized carbons (Fsp3) is 0.250. The summed E-state index contributed by atoms with van der Waals surface area (Å²) < 4.78 is 146. The molecule has 0 spiro atoms. The highest BCUT2D eigenvalue weighted by Gasteiger charge is 2.41. The molecule has 4 aromatic carbocycles. The minimum atomic E-state index is -4.98. The number of halogens is 11. The highest BCUT2D eigenvalue weighted by atomic mass is 127. The smallest absolute Gasteiger partial charge is 0.429 e. The first-order valence-electron chi connectivity index (χ1n) is 13.1. The van der Waals surface area contributed by atoms with Crippen LogP contribution in [0.3, 0.4) is 0 Å². The summed E-state index contributed by atoms with van der Waals surface area (Å²) in [6.45, 7) is 0. The molecule has 0 aromatic heterocycles. The van der Waals surface area contributed by atoms with Crippen LogP contribution in [0.1, 0.15) is 48.3 Å². The van der Waals surface area contributed by atoms with Gasteiger partial charge in [-0.1, -0.05) is 40.6 Å². The average Bonchev–Trinajstić information content (AvgIpc) is 2.91. The van der Waals surface area contributed by atoms with Gasteiger partial charge in [-0.25, -0.2) is 22.0 Å². The molecule has 1 saturated carbocycles. The number of ether oxygens (including phenoxy) is 1. The number of rotatable bonds is 5. The molecule has 230 valence electrons. The van der Waals surface area contributed by atoms with Crippen LogP contribution in [-0.4, -0.2) is 10.1 Å². The lowest BCUT2D eigenvalue weighted by molar-refractivity contribution is -0.189. The lowest BCUT2D eigenvalue weighted by atomic mass is 9.83. The molecular formula is C32H19F10IO. The first-order valence-corrected chi connectivity index (χ1v) is 14.4. The molecule has 5 rings (SSSR count). The van der Waals surface area contributed by atoms with E-state index in [2.05, 4.69) is 27.3 Å². The second-order valence-corrected chi connectivity index (χ2v) is 12.1. The minimum Gasteiger partial charge on any atom is -0.429 e. The van der Waals surface area contributed by atoms with E-state index in [4.69, 9.17) is 0 Å². The zero-order valence-electron chi connectivity index (χ0n) is 22.2. The van der Waals surface area contributed by atoms with Crippen molar-refractivity contribution in [2.24, 2.45) is 0 Å². The lowest BCUT2D eigenvalue weighted by Crippen LogP contribution is -2.25. The van der Waals surface area contributed by atoms with Gasteiger partial charge in [-0.05, 0) is 84.5 Å². The third kappa shape index (κ3) is 6.77. The maximum atomic E-state index is 15.0. The summed E-state index contributed by atoms with van der Waals surface area (Å²) in [6, 6.07) is 8.32. The highest BCUT2D eigenvalue weighted by molar-refractivity contribution is 14.1. The van der Waals surface area contributed by atoms with E-state index in [0.29, 0.717) is 22.8 Å². The SMILES string of the molecule is Fc1cc(OC(F)(F)c2c(F)cc(C3CCC(I)CC3)cc2F)ccc1-c1ccc2c(F)c(C#CC(F)(F)F)c(F)cc2c1. The Bertz CT molecular complexity index is 1770. The van der Waals surface area contributed by atoms with Crippen molar-refractivity contribution in [3.8, 4) is 28.7 Å². The van der Waals surface area contributed by atoms with Gasteiger partial charge in [0.2, 0.25) is 0 Å². The van der Waals surface area contributed by atoms with Crippen LogP contribution in [-0.2, 0) is 6.11 Å². The summed E-state index contributed by atoms with van der Waals surface area (Å²) in [5, 5.41) is -0.438. The standard InChI is InChI=1S/C32H19F10IO/c33-25-14-19-11-17(3-7-23(19)30(37)24(25)9-10-31(38,39)40)22-8-6-21(15-26(22)34)44-32(41,42)29-27(35)12-18(13-28(29)36)16-1-4-20(43)5-2-16/h3,6-8,11-16,20H,1-2,4-5H2. The number of alkyl halides is 6. The van der Waals surface area contributed by atoms with E-state index in [9.17, 15) is 39.5 Å². The summed E-state index contributed by atoms with van der Waals surface area (Å²) in [6.07, 6.45) is -6.47. The highest BCUT2D eigenvalue weighted by Crippen LogP contribution is 2.41. The van der Waals surface area contributed by atoms with Crippen molar-refractivity contribution in [2.45, 2.75) is 47.8 Å². The van der Waals surface area contributed by atoms with Crippen LogP contribution >= 0.6 is 22.6 Å². The summed E-state index contributed by atoms with van der Waals surface area (Å²) in [7, 11) is 0. The van der Waals surface area contributed by atoms with Crippen molar-refractivity contribution in [3.63, 3.8) is 0 Å². The van der Waals surface area contributed by atoms with E-state index < -0.39 is 58.2 Å². The fourth-order valence-electron chi connectivity index (χ4n) is 5.23. The van der Waals surface area contributed by atoms with Gasteiger partial charge in [0.1, 0.15) is 40.4 Å². The molecule has 0 heterocycles. The van der Waals surface area contributed by atoms with Crippen LogP contribution in [0.5, 0.6) is 5.75 Å². The Morgan fingerprint density at radius 3 is 2.00 bits per heavy atom. The molecule has 0 saturated heterocycles. The third-order valence-electron chi connectivity index (χ3n) is 7.34. The van der Waals surface area contributed by atoms with E-state index in [0.717, 1.165) is 61.2 Å². The molecule has 0 unspecified atom stereocenters. The van der Waals surface area contributed by atoms with Crippen molar-refractivity contribution in [2.75, 3.05) is 0 Å². The van der Waals surface area contributed by atoms with Crippen molar-refractivity contribution >= 4 is 33.4 Å². The Kier molecular flexibility index (Phi) is 8.81. The number of fused-ring (bicyclic) bond motifs is 1. The minimum absolute atomic E-state index is 0.0329. The Morgan fingerprint density at radius 1 is 0.727 bits per heavy atom. The van der Waals surface area contributed by atoms with Gasteiger partial charge < -0.3 is 4.74 Å². The first-order chi connectivity index (χ1) is 20.6. The molecule has 1 nitrogen and oxygen atoms in total. The molecule has 0 N–H and O–H groups in total. The predicted octanol–water partition coefficient (Wildman–Crippen LogP) is 10.7. The molecule has 0 aliphatic heterocycles. The molecule has 0 amide bonds. The van der Waals surface area contributed by atoms with Crippen LogP contribution in [0.15, 0.2) is 54.6 Å². The van der Waals surface area contributed by atoms with Crippen molar-refractivity contribution in [3.05, 3.63) is 100 Å². The molecular weight excluding hydrogens is 717 g/mol. The van der Waals surface area contributed by atoms with E-state index in [1.165, 1.54) is 12.0 Å². The van der Waals surface area contributed by atoms with Gasteiger partial charge in [-0.15, -0.1) is 0 Å². The maximum Gasteiger partial charge on any atom is 0.458 e. The monoisotopic (exact) mass is 736 g/mol. The molecule has 1 fully saturated rings. The summed E-state index contributed by atoms with van der Waals surface area (Å²) >= 11 is 2.29. The zero-order chi connectivity index (χ0) is 32.0. The molecule has 0 atom stereocenters. The van der Waals surface area contributed by atoms with Gasteiger partial charge in [0.05, 0.1) is 5.56 Å². The van der Waals surface area contributed by atoms with Crippen LogP contribution in [0.2, 0.25) is 0 Å². The largest absolute Gasteiger partial charge is 0.458 e. The number of hydrogen-bond acceptors (Lipinski definition) is 1. The quantitative estimate of drug-likeness (QED) is 0.0858. The van der Waals surface area contributed by atoms with Crippen LogP contribution < -0.4 is 4.74 Å². The Balaban J connectivity index is 1.40. The van der Waals surface area contributed by atoms with Gasteiger partial charge in [-0.2, -0.15) is 22.0 Å². The van der Waals surface area contributed by atoms with Crippen molar-refractivity contribution in [1.29, 1.82) is 0 Å². The van der Waals surface area contributed by atoms with Crippen LogP contribution in [0.4, 0.5) is 43.9 Å². The second-order valence-electron chi connectivity index (χ2n) is 10.3. The van der Waals surface area contributed by atoms with Gasteiger partial charge in [-0.3, -0.25) is 0 Å². The number of hydrogen-bond donors (Lipinski definition) is 0. The molecule has 44 heavy (non-hydrogen) atoms. The van der Waals surface area contributed by atoms with Gasteiger partial charge in [0.25, 0.3) is 0 Å². The summed E-state index contributed by atoms with van der Waals surface area (Å²) in [5.41, 5.74) is -2.62. The van der Waals surface area contributed by atoms with Gasteiger partial charge in [0, 0.05) is 26.9 Å². The van der Waals surface area contributed by atoms with Crippen LogP contribution in [0.25, 0.3) is 21.9 Å². The van der Waals surface area contributed by atoms with E-state index in [-0.39, 0.29) is 33.4 Å². The van der Waals surface area contributed by atoms with Crippen molar-refractivity contribution in [1.82, 2.24) is 0 Å². The van der Waals surface area contributed by atoms with E-state index >= 15 is 4.39 Å². The third-order valence-corrected chi connectivity index (χ3v) is 8.58. The second kappa shape index (κ2) is 12.1. The predicted molar refractivity (Wildman–Crippen MR) is 152 cm³/mol. The van der Waals surface area contributed by atoms with E-state index in [1.807, 2.05) is 0 Å². The number of benzene rings is 4. The first kappa shape index (κ1) is 31.9. The van der Waals surface area contributed by atoms with E-state index in [1.54, 1.807) is 0 Å². The lowest BCUT2D eigenvalue weighted by Gasteiger charge is -2.26. The Morgan fingerprint density at radius 2 is 1.39 bits per heavy atom. The van der Waals surface area contributed by atoms with Gasteiger partial charge >= 0.3 is 12.3 Å². The normalized spacial score (nSPS) is 17.3. The Labute approximate surface area is 258 Å². The zero-order valence-corrected chi connectivity index (χ0v) is 24.4. The van der Waals surface area contributed by atoms with Crippen LogP contribution in [0, 0.1) is 40.9 Å². The molecule has 4 aromatic rings. The summed E-state index contributed by atoms with van der Waals surface area (Å²) in [4.78, 5) is 0. The molecule has 1 aliphatic carbocycles. The molecule has 1 aliphatic rings. The average molecular weight is 736 g/mol. The molecule has 0 radical (unpaired) electrons. The maximum absolute atomic E-state index is 15.0. The summed E-state index contributed by atoms with van der Waals surface area (Å²) in [5.74, 6) is -5.55. The van der Waals surface area contributed by atoms with Crippen molar-refractivity contribution < 1.29 is 48.6 Å². The fourth-order valence-corrected chi connectivity index (χ4v) is 5.95. The molecule has 12 heteroatoms. The molecule has 0 bridgehead atoms. The van der Waals surface area contributed by atoms with Gasteiger partial charge in [0.15, 0.2) is 0 Å². The Hall–Kier alpha value is -3.47.